The Labute approximate surface area is 163 Å². The number of nitrogens with one attached hydrogen (secondary N) is 3. The van der Waals surface area contributed by atoms with Crippen molar-refractivity contribution in [3.8, 4) is 0 Å². The number of rotatable bonds is 7. The van der Waals surface area contributed by atoms with Gasteiger partial charge in [0, 0.05) is 25.8 Å². The van der Waals surface area contributed by atoms with E-state index in [0.717, 1.165) is 11.3 Å². The molecule has 2 aromatic heterocycles. The predicted molar refractivity (Wildman–Crippen MR) is 104 cm³/mol. The van der Waals surface area contributed by atoms with Gasteiger partial charge in [0.2, 0.25) is 0 Å². The third-order valence-electron chi connectivity index (χ3n) is 3.14. The fraction of sp³-hybridized carbons (Fsp3) is 0.385. The molecule has 1 amide bonds. The largest absolute Gasteiger partial charge is 0.350 e. The first-order valence-corrected chi connectivity index (χ1v) is 9.24. The molecule has 8 nitrogen and oxygen atoms in total. The normalized spacial score (nSPS) is 11.8. The second-order valence-corrected chi connectivity index (χ2v) is 7.59. The minimum absolute atomic E-state index is 0. The van der Waals surface area contributed by atoms with E-state index in [-0.39, 0.29) is 40.6 Å². The third kappa shape index (κ3) is 6.15. The van der Waals surface area contributed by atoms with Gasteiger partial charge in [-0.2, -0.15) is 5.10 Å². The Morgan fingerprint density at radius 1 is 1.40 bits per heavy atom. The molecule has 2 heterocycles. The monoisotopic (exact) mass is 429 g/mol. The number of aryl methyl sites for hydroxylation is 1. The highest BCUT2D eigenvalue weighted by Gasteiger charge is 2.24. The van der Waals surface area contributed by atoms with E-state index in [4.69, 9.17) is 0 Å². The van der Waals surface area contributed by atoms with E-state index in [1.165, 1.54) is 23.1 Å². The van der Waals surface area contributed by atoms with Gasteiger partial charge < -0.3 is 10.6 Å². The number of halogens is 2. The Morgan fingerprint density at radius 3 is 2.64 bits per heavy atom. The van der Waals surface area contributed by atoms with Crippen LogP contribution >= 0.6 is 36.2 Å². The van der Waals surface area contributed by atoms with Gasteiger partial charge in [0.1, 0.15) is 9.77 Å². The van der Waals surface area contributed by atoms with Crippen LogP contribution in [0.25, 0.3) is 0 Å². The molecule has 0 bridgehead atoms. The Morgan fingerprint density at radius 2 is 2.08 bits per heavy atom. The quantitative estimate of drug-likeness (QED) is 0.617. The average Bonchev–Trinajstić information content (AvgIpc) is 3.13. The summed E-state index contributed by atoms with van der Waals surface area (Å²) < 4.78 is 28.8. The summed E-state index contributed by atoms with van der Waals surface area (Å²) in [5, 5.41) is 11.2. The van der Waals surface area contributed by atoms with Crippen LogP contribution in [0.1, 0.15) is 16.6 Å². The van der Waals surface area contributed by atoms with Crippen molar-refractivity contribution in [3.05, 3.63) is 28.7 Å². The molecule has 25 heavy (non-hydrogen) atoms. The van der Waals surface area contributed by atoms with E-state index in [1.54, 1.807) is 19.5 Å². The summed E-state index contributed by atoms with van der Waals surface area (Å²) in [4.78, 5) is 12.3. The maximum absolute atomic E-state index is 12.5. The minimum Gasteiger partial charge on any atom is -0.350 e. The molecule has 0 aliphatic carbocycles. The van der Waals surface area contributed by atoms with Crippen LogP contribution in [0.4, 0.5) is 5.69 Å². The summed E-state index contributed by atoms with van der Waals surface area (Å²) in [6, 6.07) is 1.51. The number of carbonyl (C=O) groups is 1. The van der Waals surface area contributed by atoms with Crippen molar-refractivity contribution in [1.29, 1.82) is 0 Å². The molecule has 0 saturated carbocycles. The summed E-state index contributed by atoms with van der Waals surface area (Å²) in [7, 11) is -0.374. The van der Waals surface area contributed by atoms with Crippen molar-refractivity contribution in [3.63, 3.8) is 0 Å². The van der Waals surface area contributed by atoms with Crippen LogP contribution in [-0.4, -0.2) is 43.7 Å². The first-order chi connectivity index (χ1) is 10.8. The number of hydrogen-bond acceptors (Lipinski definition) is 6. The molecule has 0 aliphatic rings. The molecule has 0 spiro atoms. The smallest absolute Gasteiger partial charge is 0.263 e. The van der Waals surface area contributed by atoms with Gasteiger partial charge >= 0.3 is 0 Å². The first-order valence-electron chi connectivity index (χ1n) is 6.88. The van der Waals surface area contributed by atoms with Gasteiger partial charge in [-0.3, -0.25) is 14.2 Å². The molecule has 2 aromatic rings. The lowest BCUT2D eigenvalue weighted by atomic mass is 10.3. The zero-order valence-electron chi connectivity index (χ0n) is 13.8. The molecule has 2 rings (SSSR count). The molecule has 1 unspecified atom stereocenters. The van der Waals surface area contributed by atoms with Gasteiger partial charge in [-0.1, -0.05) is 0 Å². The molecule has 0 radical (unpaired) electrons. The second kappa shape index (κ2) is 9.97. The van der Waals surface area contributed by atoms with Crippen molar-refractivity contribution < 1.29 is 13.2 Å². The third-order valence-corrected chi connectivity index (χ3v) is 5.61. The van der Waals surface area contributed by atoms with Crippen LogP contribution in [0.5, 0.6) is 0 Å². The standard InChI is InChI=1S/C13H19N5O3S2.2ClH/c1-9(14-2)6-15-13(19)12-11(4-5-22-12)23(20,21)17-10-7-16-18(3)8-10;;/h4-5,7-9,14,17H,6H2,1-3H3,(H,15,19);2*1H. The van der Waals surface area contributed by atoms with Gasteiger partial charge in [0.15, 0.2) is 0 Å². The number of amides is 1. The highest BCUT2D eigenvalue weighted by atomic mass is 35.5. The fourth-order valence-electron chi connectivity index (χ4n) is 1.79. The summed E-state index contributed by atoms with van der Waals surface area (Å²) in [5.74, 6) is -0.409. The van der Waals surface area contributed by atoms with Crippen molar-refractivity contribution in [2.45, 2.75) is 17.9 Å². The molecule has 0 aliphatic heterocycles. The highest BCUT2D eigenvalue weighted by molar-refractivity contribution is 7.93. The summed E-state index contributed by atoms with van der Waals surface area (Å²) in [6.07, 6.45) is 2.94. The SMILES string of the molecule is CNC(C)CNC(=O)c1sccc1S(=O)(=O)Nc1cnn(C)c1.Cl.Cl. The molecule has 142 valence electrons. The van der Waals surface area contributed by atoms with E-state index in [9.17, 15) is 13.2 Å². The predicted octanol–water partition coefficient (Wildman–Crippen LogP) is 1.46. The lowest BCUT2D eigenvalue weighted by molar-refractivity contribution is 0.0951. The number of carbonyl (C=O) groups excluding carboxylic acids is 1. The summed E-state index contributed by atoms with van der Waals surface area (Å²) in [5.41, 5.74) is 0.342. The lowest BCUT2D eigenvalue weighted by Gasteiger charge is -2.12. The van der Waals surface area contributed by atoms with Gasteiger partial charge in [-0.25, -0.2) is 8.42 Å². The maximum Gasteiger partial charge on any atom is 0.263 e. The Bertz CT molecular complexity index is 791. The van der Waals surface area contributed by atoms with Crippen molar-refractivity contribution >= 4 is 57.8 Å². The molecular formula is C13H21Cl2N5O3S2. The van der Waals surface area contributed by atoms with Crippen molar-refractivity contribution in [2.24, 2.45) is 7.05 Å². The number of likely N-dealkylation sites (N-methyl/N-ethyl adjacent to an activating group) is 1. The number of anilines is 1. The molecule has 0 aromatic carbocycles. The maximum atomic E-state index is 12.5. The number of nitrogens with zero attached hydrogens (tertiary/aromatic N) is 2. The van der Waals surface area contributed by atoms with Gasteiger partial charge in [0.05, 0.1) is 11.9 Å². The summed E-state index contributed by atoms with van der Waals surface area (Å²) in [6.45, 7) is 2.32. The van der Waals surface area contributed by atoms with Gasteiger partial charge in [-0.05, 0) is 25.4 Å². The van der Waals surface area contributed by atoms with Crippen LogP contribution in [-0.2, 0) is 17.1 Å². The molecule has 0 saturated heterocycles. The van der Waals surface area contributed by atoms with Crippen LogP contribution in [0.2, 0.25) is 0 Å². The molecular weight excluding hydrogens is 409 g/mol. The number of sulfonamides is 1. The lowest BCUT2D eigenvalue weighted by Crippen LogP contribution is -2.37. The van der Waals surface area contributed by atoms with E-state index in [1.807, 2.05) is 6.92 Å². The minimum atomic E-state index is -3.85. The van der Waals surface area contributed by atoms with E-state index >= 15 is 0 Å². The molecule has 3 N–H and O–H groups in total. The molecule has 0 fully saturated rings. The zero-order chi connectivity index (χ0) is 17.0. The number of aromatic nitrogens is 2. The number of hydrogen-bond donors (Lipinski definition) is 3. The van der Waals surface area contributed by atoms with Crippen LogP contribution in [0.3, 0.4) is 0 Å². The molecule has 12 heteroatoms. The Hall–Kier alpha value is -1.33. The number of thiophene rings is 1. The highest BCUT2D eigenvalue weighted by Crippen LogP contribution is 2.24. The van der Waals surface area contributed by atoms with Crippen molar-refractivity contribution in [1.82, 2.24) is 20.4 Å². The Kier molecular flexibility index (Phi) is 9.44. The van der Waals surface area contributed by atoms with Crippen LogP contribution < -0.4 is 15.4 Å². The average molecular weight is 430 g/mol. The molecule has 1 atom stereocenters. The topological polar surface area (TPSA) is 105 Å². The van der Waals surface area contributed by atoms with E-state index in [0.29, 0.717) is 12.2 Å². The first kappa shape index (κ1) is 23.7. The van der Waals surface area contributed by atoms with E-state index in [2.05, 4.69) is 20.5 Å². The van der Waals surface area contributed by atoms with Crippen molar-refractivity contribution in [2.75, 3.05) is 18.3 Å². The van der Waals surface area contributed by atoms with E-state index < -0.39 is 15.9 Å². The Balaban J connectivity index is 0.00000288. The van der Waals surface area contributed by atoms with Gasteiger partial charge in [-0.15, -0.1) is 36.2 Å². The second-order valence-electron chi connectivity index (χ2n) is 5.02. The fourth-order valence-corrected chi connectivity index (χ4v) is 4.16. The zero-order valence-corrected chi connectivity index (χ0v) is 17.1. The summed E-state index contributed by atoms with van der Waals surface area (Å²) >= 11 is 1.09. The van der Waals surface area contributed by atoms with Crippen LogP contribution in [0.15, 0.2) is 28.7 Å². The van der Waals surface area contributed by atoms with Crippen LogP contribution in [0, 0.1) is 0 Å². The van der Waals surface area contributed by atoms with Gasteiger partial charge in [0.25, 0.3) is 15.9 Å².